The van der Waals surface area contributed by atoms with Crippen LogP contribution in [0.1, 0.15) is 60.8 Å². The number of amides is 2. The molecule has 0 spiro atoms. The Labute approximate surface area is 148 Å². The maximum atomic E-state index is 13.0. The van der Waals surface area contributed by atoms with Crippen molar-refractivity contribution in [3.8, 4) is 0 Å². The number of hydrogen-bond donors (Lipinski definition) is 1. The summed E-state index contributed by atoms with van der Waals surface area (Å²) in [5, 5.41) is 7.24. The first-order chi connectivity index (χ1) is 12.1. The number of carbonyl (C=O) groups excluding carboxylic acids is 2. The quantitative estimate of drug-likeness (QED) is 0.910. The Morgan fingerprint density at radius 1 is 1.24 bits per heavy atom. The molecule has 1 N–H and O–H groups in total. The zero-order valence-corrected chi connectivity index (χ0v) is 15.3. The average molecular weight is 344 g/mol. The number of hydrogen-bond acceptors (Lipinski definition) is 3. The van der Waals surface area contributed by atoms with Gasteiger partial charge in [0.15, 0.2) is 5.69 Å². The Morgan fingerprint density at radius 3 is 2.68 bits per heavy atom. The molecule has 2 amide bonds. The first-order valence-electron chi connectivity index (χ1n) is 9.72. The second-order valence-corrected chi connectivity index (χ2v) is 7.96. The van der Waals surface area contributed by atoms with E-state index in [1.807, 2.05) is 11.8 Å². The number of nitrogens with one attached hydrogen (secondary N) is 1. The predicted octanol–water partition coefficient (Wildman–Crippen LogP) is 2.14. The Hall–Kier alpha value is -1.85. The summed E-state index contributed by atoms with van der Waals surface area (Å²) in [6, 6.07) is 0.181. The minimum Gasteiger partial charge on any atom is -0.337 e. The van der Waals surface area contributed by atoms with Crippen LogP contribution in [0.15, 0.2) is 0 Å². The molecule has 1 aliphatic carbocycles. The van der Waals surface area contributed by atoms with Crippen LogP contribution in [-0.2, 0) is 11.2 Å². The molecule has 0 radical (unpaired) electrons. The molecule has 6 heteroatoms. The van der Waals surface area contributed by atoms with Crippen LogP contribution in [0.4, 0.5) is 0 Å². The van der Waals surface area contributed by atoms with E-state index in [4.69, 9.17) is 0 Å². The molecule has 3 aliphatic heterocycles. The molecule has 2 atom stereocenters. The van der Waals surface area contributed by atoms with Gasteiger partial charge < -0.3 is 9.80 Å². The molecule has 5 rings (SSSR count). The number of rotatable bonds is 4. The molecule has 1 saturated carbocycles. The molecule has 0 aromatic carbocycles. The minimum absolute atomic E-state index is 0.0244. The van der Waals surface area contributed by atoms with E-state index in [0.717, 1.165) is 37.1 Å². The molecular weight excluding hydrogens is 316 g/mol. The molecule has 3 saturated heterocycles. The van der Waals surface area contributed by atoms with Gasteiger partial charge in [-0.25, -0.2) is 0 Å². The molecule has 136 valence electrons. The Morgan fingerprint density at radius 2 is 2.04 bits per heavy atom. The van der Waals surface area contributed by atoms with E-state index in [1.54, 1.807) is 0 Å². The van der Waals surface area contributed by atoms with Crippen LogP contribution < -0.4 is 0 Å². The Balaban J connectivity index is 1.53. The number of carbonyl (C=O) groups is 2. The van der Waals surface area contributed by atoms with Gasteiger partial charge in [-0.1, -0.05) is 13.3 Å². The summed E-state index contributed by atoms with van der Waals surface area (Å²) < 4.78 is 0. The van der Waals surface area contributed by atoms with Gasteiger partial charge in [0, 0.05) is 36.9 Å². The van der Waals surface area contributed by atoms with Gasteiger partial charge in [-0.15, -0.1) is 0 Å². The van der Waals surface area contributed by atoms with E-state index in [1.165, 1.54) is 19.3 Å². The van der Waals surface area contributed by atoms with Gasteiger partial charge in [0.1, 0.15) is 0 Å². The van der Waals surface area contributed by atoms with Gasteiger partial charge in [0.25, 0.3) is 5.91 Å². The zero-order valence-electron chi connectivity index (χ0n) is 15.3. The average Bonchev–Trinajstić information content (AvgIpc) is 2.74. The Bertz CT molecular complexity index is 679. The number of aromatic nitrogens is 2. The van der Waals surface area contributed by atoms with Crippen molar-refractivity contribution in [2.75, 3.05) is 19.6 Å². The third kappa shape index (κ3) is 2.85. The highest BCUT2D eigenvalue weighted by Gasteiger charge is 2.43. The maximum Gasteiger partial charge on any atom is 0.274 e. The standard InChI is InChI=1S/C19H28N4O2/c1-3-16-12(2)17(21-20-16)19(25)22-10-14-7-8-15(11-22)23(18(14)24)9-13-5-4-6-13/h13-15H,3-11H2,1-2H3,(H,20,21). The Kier molecular flexibility index (Phi) is 4.29. The van der Waals surface area contributed by atoms with Crippen LogP contribution in [0.25, 0.3) is 0 Å². The molecule has 25 heavy (non-hydrogen) atoms. The molecule has 1 aromatic heterocycles. The largest absolute Gasteiger partial charge is 0.337 e. The summed E-state index contributed by atoms with van der Waals surface area (Å²) >= 11 is 0. The number of nitrogens with zero attached hydrogens (tertiary/aromatic N) is 3. The second-order valence-electron chi connectivity index (χ2n) is 7.96. The van der Waals surface area contributed by atoms with Crippen molar-refractivity contribution in [2.24, 2.45) is 11.8 Å². The fraction of sp³-hybridized carbons (Fsp3) is 0.737. The fourth-order valence-electron chi connectivity index (χ4n) is 4.54. The number of piperidine rings is 1. The molecule has 1 aromatic rings. The third-order valence-corrected chi connectivity index (χ3v) is 6.43. The van der Waals surface area contributed by atoms with Gasteiger partial charge in [0.05, 0.1) is 5.92 Å². The van der Waals surface area contributed by atoms with E-state index >= 15 is 0 Å². The number of aryl methyl sites for hydroxylation is 1. The summed E-state index contributed by atoms with van der Waals surface area (Å²) in [7, 11) is 0. The topological polar surface area (TPSA) is 69.3 Å². The highest BCUT2D eigenvalue weighted by molar-refractivity contribution is 5.94. The van der Waals surface area contributed by atoms with Gasteiger partial charge in [-0.3, -0.25) is 14.7 Å². The highest BCUT2D eigenvalue weighted by atomic mass is 16.2. The number of fused-ring (bicyclic) bond motifs is 4. The third-order valence-electron chi connectivity index (χ3n) is 6.43. The van der Waals surface area contributed by atoms with E-state index in [2.05, 4.69) is 22.0 Å². The molecule has 4 fully saturated rings. The lowest BCUT2D eigenvalue weighted by Gasteiger charge is -2.40. The van der Waals surface area contributed by atoms with E-state index in [9.17, 15) is 9.59 Å². The first kappa shape index (κ1) is 16.6. The van der Waals surface area contributed by atoms with Crippen LogP contribution in [0.3, 0.4) is 0 Å². The lowest BCUT2D eigenvalue weighted by atomic mass is 9.83. The van der Waals surface area contributed by atoms with Crippen LogP contribution in [0, 0.1) is 18.8 Å². The molecule has 2 bridgehead atoms. The SMILES string of the molecule is CCc1[nH]nc(C(=O)N2CC3CCC(C2)N(CC2CCC2)C3=O)c1C. The molecule has 2 unspecified atom stereocenters. The van der Waals surface area contributed by atoms with Crippen molar-refractivity contribution in [2.45, 2.75) is 58.4 Å². The van der Waals surface area contributed by atoms with E-state index < -0.39 is 0 Å². The molecule has 4 aliphatic rings. The van der Waals surface area contributed by atoms with Crippen molar-refractivity contribution in [3.63, 3.8) is 0 Å². The second kappa shape index (κ2) is 6.46. The number of H-pyrrole nitrogens is 1. The smallest absolute Gasteiger partial charge is 0.274 e. The zero-order chi connectivity index (χ0) is 17.6. The van der Waals surface area contributed by atoms with Crippen molar-refractivity contribution in [1.29, 1.82) is 0 Å². The van der Waals surface area contributed by atoms with Crippen LogP contribution in [0.2, 0.25) is 0 Å². The van der Waals surface area contributed by atoms with Crippen molar-refractivity contribution >= 4 is 11.8 Å². The van der Waals surface area contributed by atoms with Crippen LogP contribution in [0.5, 0.6) is 0 Å². The summed E-state index contributed by atoms with van der Waals surface area (Å²) in [6.45, 7) is 6.10. The minimum atomic E-state index is -0.0346. The fourth-order valence-corrected chi connectivity index (χ4v) is 4.54. The molecule has 6 nitrogen and oxygen atoms in total. The lowest BCUT2D eigenvalue weighted by Crippen LogP contribution is -2.50. The lowest BCUT2D eigenvalue weighted by molar-refractivity contribution is -0.141. The summed E-state index contributed by atoms with van der Waals surface area (Å²) in [5.74, 6) is 0.885. The highest BCUT2D eigenvalue weighted by Crippen LogP contribution is 2.34. The van der Waals surface area contributed by atoms with Crippen molar-refractivity contribution in [3.05, 3.63) is 17.0 Å². The summed E-state index contributed by atoms with van der Waals surface area (Å²) in [5.41, 5.74) is 2.49. The van der Waals surface area contributed by atoms with E-state index in [0.29, 0.717) is 24.7 Å². The van der Waals surface area contributed by atoms with Crippen LogP contribution in [-0.4, -0.2) is 57.5 Å². The summed E-state index contributed by atoms with van der Waals surface area (Å²) in [4.78, 5) is 29.9. The van der Waals surface area contributed by atoms with Crippen LogP contribution >= 0.6 is 0 Å². The van der Waals surface area contributed by atoms with Gasteiger partial charge >= 0.3 is 0 Å². The monoisotopic (exact) mass is 344 g/mol. The van der Waals surface area contributed by atoms with Gasteiger partial charge in [0.2, 0.25) is 5.91 Å². The predicted molar refractivity (Wildman–Crippen MR) is 94.2 cm³/mol. The van der Waals surface area contributed by atoms with Crippen molar-refractivity contribution in [1.82, 2.24) is 20.0 Å². The maximum absolute atomic E-state index is 13.0. The molecule has 4 heterocycles. The first-order valence-corrected chi connectivity index (χ1v) is 9.72. The van der Waals surface area contributed by atoms with Crippen molar-refractivity contribution < 1.29 is 9.59 Å². The van der Waals surface area contributed by atoms with E-state index in [-0.39, 0.29) is 23.8 Å². The molecular formula is C19H28N4O2. The summed E-state index contributed by atoms with van der Waals surface area (Å²) in [6.07, 6.45) is 6.56. The van der Waals surface area contributed by atoms with Gasteiger partial charge in [-0.2, -0.15) is 5.10 Å². The van der Waals surface area contributed by atoms with Gasteiger partial charge in [-0.05, 0) is 44.9 Å². The normalized spacial score (nSPS) is 26.7. The number of aromatic amines is 1.